The van der Waals surface area contributed by atoms with Crippen LogP contribution in [0.15, 0.2) is 36.8 Å². The molecule has 3 heteroatoms. The van der Waals surface area contributed by atoms with E-state index in [9.17, 15) is 0 Å². The first kappa shape index (κ1) is 11.1. The van der Waals surface area contributed by atoms with Crippen molar-refractivity contribution in [3.8, 4) is 11.4 Å². The van der Waals surface area contributed by atoms with Crippen LogP contribution < -0.4 is 0 Å². The molecule has 0 atom stereocenters. The molecule has 2 aromatic heterocycles. The van der Waals surface area contributed by atoms with Gasteiger partial charge in [-0.2, -0.15) is 0 Å². The lowest BCUT2D eigenvalue weighted by Gasteiger charge is -2.10. The number of aromatic nitrogens is 3. The van der Waals surface area contributed by atoms with Crippen LogP contribution in [0.5, 0.6) is 0 Å². The van der Waals surface area contributed by atoms with E-state index in [0.717, 1.165) is 5.82 Å². The molecule has 18 heavy (non-hydrogen) atoms. The Morgan fingerprint density at radius 2 is 2.11 bits per heavy atom. The monoisotopic (exact) mass is 239 g/mol. The van der Waals surface area contributed by atoms with Gasteiger partial charge in [0.1, 0.15) is 5.82 Å². The third-order valence-corrected chi connectivity index (χ3v) is 3.39. The number of para-hydroxylation sites is 1. The Kier molecular flexibility index (Phi) is 2.47. The summed E-state index contributed by atoms with van der Waals surface area (Å²) in [7, 11) is 0. The van der Waals surface area contributed by atoms with Gasteiger partial charge in [-0.1, -0.05) is 18.2 Å². The van der Waals surface area contributed by atoms with Crippen molar-refractivity contribution in [3.63, 3.8) is 0 Å². The molecule has 0 spiro atoms. The molecular formula is C15H17N3. The van der Waals surface area contributed by atoms with E-state index in [1.807, 2.05) is 12.4 Å². The van der Waals surface area contributed by atoms with Gasteiger partial charge in [0.2, 0.25) is 0 Å². The third-order valence-electron chi connectivity index (χ3n) is 3.39. The molecular weight excluding hydrogens is 222 g/mol. The van der Waals surface area contributed by atoms with Gasteiger partial charge in [0.25, 0.3) is 0 Å². The standard InChI is InChI=1S/C15H17N3/c1-10(2)18-8-7-16-15(18)13-9-17-14-11(3)5-4-6-12(13)14/h4-10,17H,1-3H3. The summed E-state index contributed by atoms with van der Waals surface area (Å²) in [5.74, 6) is 1.03. The number of nitrogens with one attached hydrogen (secondary N) is 1. The van der Waals surface area contributed by atoms with Crippen molar-refractivity contribution >= 4 is 10.9 Å². The smallest absolute Gasteiger partial charge is 0.142 e. The number of rotatable bonds is 2. The second-order valence-electron chi connectivity index (χ2n) is 4.95. The molecule has 0 saturated carbocycles. The molecule has 2 heterocycles. The summed E-state index contributed by atoms with van der Waals surface area (Å²) in [6, 6.07) is 6.78. The number of hydrogen-bond acceptors (Lipinski definition) is 1. The van der Waals surface area contributed by atoms with Gasteiger partial charge in [0.05, 0.1) is 0 Å². The van der Waals surface area contributed by atoms with Crippen LogP contribution in [0, 0.1) is 6.92 Å². The molecule has 92 valence electrons. The van der Waals surface area contributed by atoms with E-state index in [-0.39, 0.29) is 0 Å². The van der Waals surface area contributed by atoms with Gasteiger partial charge in [-0.05, 0) is 26.3 Å². The zero-order valence-corrected chi connectivity index (χ0v) is 10.9. The van der Waals surface area contributed by atoms with Crippen molar-refractivity contribution in [1.29, 1.82) is 0 Å². The minimum Gasteiger partial charge on any atom is -0.360 e. The zero-order valence-electron chi connectivity index (χ0n) is 10.9. The molecule has 0 unspecified atom stereocenters. The van der Waals surface area contributed by atoms with Crippen molar-refractivity contribution < 1.29 is 0 Å². The first-order valence-corrected chi connectivity index (χ1v) is 6.28. The molecule has 0 aliphatic rings. The van der Waals surface area contributed by atoms with Crippen LogP contribution in [-0.2, 0) is 0 Å². The number of benzene rings is 1. The van der Waals surface area contributed by atoms with Crippen LogP contribution in [0.1, 0.15) is 25.5 Å². The van der Waals surface area contributed by atoms with Crippen LogP contribution in [0.2, 0.25) is 0 Å². The minimum atomic E-state index is 0.414. The zero-order chi connectivity index (χ0) is 12.7. The highest BCUT2D eigenvalue weighted by molar-refractivity contribution is 5.95. The SMILES string of the molecule is Cc1cccc2c(-c3nccn3C(C)C)c[nH]c12. The summed E-state index contributed by atoms with van der Waals surface area (Å²) in [5.41, 5.74) is 3.64. The maximum Gasteiger partial charge on any atom is 0.142 e. The molecule has 0 fully saturated rings. The molecule has 0 amide bonds. The van der Waals surface area contributed by atoms with Gasteiger partial charge in [-0.15, -0.1) is 0 Å². The summed E-state index contributed by atoms with van der Waals surface area (Å²) in [6.45, 7) is 6.47. The average molecular weight is 239 g/mol. The normalized spacial score (nSPS) is 11.6. The fourth-order valence-corrected chi connectivity index (χ4v) is 2.43. The van der Waals surface area contributed by atoms with E-state index in [0.29, 0.717) is 6.04 Å². The average Bonchev–Trinajstić information content (AvgIpc) is 2.94. The third kappa shape index (κ3) is 1.55. The molecule has 3 aromatic rings. The van der Waals surface area contributed by atoms with Gasteiger partial charge < -0.3 is 9.55 Å². The van der Waals surface area contributed by atoms with Crippen molar-refractivity contribution in [3.05, 3.63) is 42.4 Å². The van der Waals surface area contributed by atoms with E-state index in [2.05, 4.69) is 59.7 Å². The van der Waals surface area contributed by atoms with Gasteiger partial charge >= 0.3 is 0 Å². The highest BCUT2D eigenvalue weighted by atomic mass is 15.1. The second-order valence-corrected chi connectivity index (χ2v) is 4.95. The molecule has 0 bridgehead atoms. The first-order chi connectivity index (χ1) is 8.68. The maximum absolute atomic E-state index is 4.50. The lowest BCUT2D eigenvalue weighted by atomic mass is 10.1. The van der Waals surface area contributed by atoms with Gasteiger partial charge in [-0.3, -0.25) is 0 Å². The van der Waals surface area contributed by atoms with Crippen LogP contribution >= 0.6 is 0 Å². The lowest BCUT2D eigenvalue weighted by molar-refractivity contribution is 0.607. The molecule has 1 aromatic carbocycles. The Balaban J connectivity index is 2.26. The quantitative estimate of drug-likeness (QED) is 0.722. The summed E-state index contributed by atoms with van der Waals surface area (Å²) in [4.78, 5) is 7.86. The second kappa shape index (κ2) is 4.02. The molecule has 0 saturated heterocycles. The van der Waals surface area contributed by atoms with Gasteiger partial charge in [0.15, 0.2) is 0 Å². The Bertz CT molecular complexity index is 689. The Morgan fingerprint density at radius 3 is 2.89 bits per heavy atom. The van der Waals surface area contributed by atoms with Crippen molar-refractivity contribution in [2.45, 2.75) is 26.8 Å². The number of aryl methyl sites for hydroxylation is 1. The Hall–Kier alpha value is -2.03. The fraction of sp³-hybridized carbons (Fsp3) is 0.267. The van der Waals surface area contributed by atoms with E-state index >= 15 is 0 Å². The molecule has 3 rings (SSSR count). The predicted molar refractivity (Wildman–Crippen MR) is 74.6 cm³/mol. The van der Waals surface area contributed by atoms with Crippen molar-refractivity contribution in [1.82, 2.24) is 14.5 Å². The number of nitrogens with zero attached hydrogens (tertiary/aromatic N) is 2. The Morgan fingerprint density at radius 1 is 1.28 bits per heavy atom. The fourth-order valence-electron chi connectivity index (χ4n) is 2.43. The number of fused-ring (bicyclic) bond motifs is 1. The van der Waals surface area contributed by atoms with Crippen LogP contribution in [0.4, 0.5) is 0 Å². The molecule has 1 N–H and O–H groups in total. The van der Waals surface area contributed by atoms with E-state index in [1.165, 1.54) is 22.0 Å². The van der Waals surface area contributed by atoms with E-state index in [4.69, 9.17) is 0 Å². The number of hydrogen-bond donors (Lipinski definition) is 1. The lowest BCUT2D eigenvalue weighted by Crippen LogP contribution is -2.01. The van der Waals surface area contributed by atoms with E-state index < -0.39 is 0 Å². The van der Waals surface area contributed by atoms with Crippen LogP contribution in [0.3, 0.4) is 0 Å². The summed E-state index contributed by atoms with van der Waals surface area (Å²) < 4.78 is 2.20. The maximum atomic E-state index is 4.50. The molecule has 0 aliphatic carbocycles. The van der Waals surface area contributed by atoms with Gasteiger partial charge in [0, 0.05) is 41.1 Å². The summed E-state index contributed by atoms with van der Waals surface area (Å²) >= 11 is 0. The number of aromatic amines is 1. The summed E-state index contributed by atoms with van der Waals surface area (Å²) in [5, 5.41) is 1.24. The van der Waals surface area contributed by atoms with Gasteiger partial charge in [-0.25, -0.2) is 4.98 Å². The highest BCUT2D eigenvalue weighted by Crippen LogP contribution is 2.30. The molecule has 3 nitrogen and oxygen atoms in total. The molecule has 0 aliphatic heterocycles. The minimum absolute atomic E-state index is 0.414. The predicted octanol–water partition coefficient (Wildman–Crippen LogP) is 3.92. The molecule has 0 radical (unpaired) electrons. The van der Waals surface area contributed by atoms with Crippen LogP contribution in [-0.4, -0.2) is 14.5 Å². The number of imidazole rings is 1. The highest BCUT2D eigenvalue weighted by Gasteiger charge is 2.13. The largest absolute Gasteiger partial charge is 0.360 e. The summed E-state index contributed by atoms with van der Waals surface area (Å²) in [6.07, 6.45) is 5.96. The van der Waals surface area contributed by atoms with E-state index in [1.54, 1.807) is 0 Å². The Labute approximate surface area is 106 Å². The topological polar surface area (TPSA) is 33.6 Å². The van der Waals surface area contributed by atoms with Crippen molar-refractivity contribution in [2.24, 2.45) is 0 Å². The number of H-pyrrole nitrogens is 1. The first-order valence-electron chi connectivity index (χ1n) is 6.28. The van der Waals surface area contributed by atoms with Crippen LogP contribution in [0.25, 0.3) is 22.3 Å². The van der Waals surface area contributed by atoms with Crippen molar-refractivity contribution in [2.75, 3.05) is 0 Å².